The van der Waals surface area contributed by atoms with E-state index in [2.05, 4.69) is 0 Å². The van der Waals surface area contributed by atoms with Crippen molar-refractivity contribution >= 4 is 34.4 Å². The van der Waals surface area contributed by atoms with E-state index in [0.29, 0.717) is 23.9 Å². The molecule has 10 heavy (non-hydrogen) atoms. The highest BCUT2D eigenvalue weighted by atomic mass is 32.2. The van der Waals surface area contributed by atoms with E-state index in [9.17, 15) is 9.59 Å². The Kier molecular flexibility index (Phi) is 5.12. The van der Waals surface area contributed by atoms with Crippen molar-refractivity contribution in [2.45, 2.75) is 0 Å². The molecule has 2 amide bonds. The molecule has 0 saturated heterocycles. The van der Waals surface area contributed by atoms with Gasteiger partial charge >= 0.3 is 10.5 Å². The zero-order valence-corrected chi connectivity index (χ0v) is 6.42. The molecule has 0 heterocycles. The van der Waals surface area contributed by atoms with E-state index in [1.807, 2.05) is 10.9 Å². The minimum Gasteiger partial charge on any atom is -0.269 e. The highest BCUT2D eigenvalue weighted by molar-refractivity contribution is 8.12. The van der Waals surface area contributed by atoms with Crippen LogP contribution in [0.15, 0.2) is 0 Å². The molecule has 0 aromatic rings. The number of nitrogens with two attached hydrogens (primary N) is 2. The van der Waals surface area contributed by atoms with E-state index in [1.54, 1.807) is 0 Å². The normalized spacial score (nSPS) is 8.60. The lowest BCUT2D eigenvalue weighted by Gasteiger charge is -2.00. The molecule has 0 rings (SSSR count). The third kappa shape index (κ3) is 4.44. The Hall–Kier alpha value is -0.440. The van der Waals surface area contributed by atoms with Crippen molar-refractivity contribution in [3.05, 3.63) is 0 Å². The summed E-state index contributed by atoms with van der Waals surface area (Å²) in [6.45, 7) is 0. The summed E-state index contributed by atoms with van der Waals surface area (Å²) < 4.78 is 0. The third-order valence-corrected chi connectivity index (χ3v) is 1.11. The van der Waals surface area contributed by atoms with Gasteiger partial charge in [-0.3, -0.25) is 30.7 Å². The van der Waals surface area contributed by atoms with Gasteiger partial charge in [-0.05, 0) is 0 Å². The minimum absolute atomic E-state index is 0.462. The number of hydrogen-bond donors (Lipinski definition) is 4. The van der Waals surface area contributed by atoms with Crippen LogP contribution >= 0.6 is 23.9 Å². The third-order valence-electron chi connectivity index (χ3n) is 0.481. The van der Waals surface area contributed by atoms with Gasteiger partial charge in [0.05, 0.1) is 0 Å². The summed E-state index contributed by atoms with van der Waals surface area (Å²) in [6.07, 6.45) is 0. The van der Waals surface area contributed by atoms with Crippen LogP contribution in [-0.4, -0.2) is 10.5 Å². The lowest BCUT2D eigenvalue weighted by atomic mass is 11.3. The topological polar surface area (TPSA) is 110 Å². The number of hydrazine groups is 1. The molecule has 0 unspecified atom stereocenters. The van der Waals surface area contributed by atoms with Gasteiger partial charge in [0.2, 0.25) is 0 Å². The van der Waals surface area contributed by atoms with Crippen molar-refractivity contribution in [3.8, 4) is 0 Å². The van der Waals surface area contributed by atoms with Crippen molar-refractivity contribution in [1.82, 2.24) is 10.9 Å². The van der Waals surface area contributed by atoms with Crippen molar-refractivity contribution in [1.29, 1.82) is 0 Å². The molecule has 0 aliphatic carbocycles. The van der Waals surface area contributed by atoms with Crippen LogP contribution in [-0.2, 0) is 0 Å². The molecule has 0 aromatic heterocycles. The van der Waals surface area contributed by atoms with Gasteiger partial charge in [-0.15, -0.1) is 0 Å². The number of carbonyl (C=O) groups is 2. The molecular weight excluding hydrogens is 176 g/mol. The Labute approximate surface area is 65.7 Å². The first-order valence-corrected chi connectivity index (χ1v) is 3.80. The van der Waals surface area contributed by atoms with Crippen molar-refractivity contribution in [2.24, 2.45) is 10.3 Å². The summed E-state index contributed by atoms with van der Waals surface area (Å²) in [6, 6.07) is 0. The molecule has 0 fully saturated rings. The number of hydrogen-bond acceptors (Lipinski definition) is 6. The van der Waals surface area contributed by atoms with Gasteiger partial charge in [0.15, 0.2) is 0 Å². The number of amides is 2. The van der Waals surface area contributed by atoms with E-state index in [0.717, 1.165) is 0 Å². The molecule has 0 radical (unpaired) electrons. The first-order valence-electron chi connectivity index (χ1n) is 2.04. The Morgan fingerprint density at radius 2 is 1.30 bits per heavy atom. The van der Waals surface area contributed by atoms with E-state index in [4.69, 9.17) is 10.3 Å². The van der Waals surface area contributed by atoms with Crippen molar-refractivity contribution < 1.29 is 9.59 Å². The maximum absolute atomic E-state index is 10.3. The molecule has 0 aliphatic heterocycles. The van der Waals surface area contributed by atoms with Crippen molar-refractivity contribution in [3.63, 3.8) is 0 Å². The molecule has 6 nitrogen and oxygen atoms in total. The second kappa shape index (κ2) is 5.35. The highest BCUT2D eigenvalue weighted by Crippen LogP contribution is 1.87. The second-order valence-corrected chi connectivity index (χ2v) is 2.27. The highest BCUT2D eigenvalue weighted by Gasteiger charge is 2.00. The van der Waals surface area contributed by atoms with Crippen molar-refractivity contribution in [2.75, 3.05) is 0 Å². The summed E-state index contributed by atoms with van der Waals surface area (Å²) in [4.78, 5) is 20.6. The van der Waals surface area contributed by atoms with Gasteiger partial charge in [-0.25, -0.2) is 0 Å². The SMILES string of the molecule is NSC(=O)NNC(=O)SN. The van der Waals surface area contributed by atoms with Crippen LogP contribution in [0, 0.1) is 0 Å². The Bertz CT molecular complexity index is 123. The van der Waals surface area contributed by atoms with Crippen LogP contribution in [0.1, 0.15) is 0 Å². The lowest BCUT2D eigenvalue weighted by Crippen LogP contribution is -2.38. The molecule has 58 valence electrons. The molecule has 0 spiro atoms. The number of carbonyl (C=O) groups excluding carboxylic acids is 2. The monoisotopic (exact) mass is 182 g/mol. The van der Waals surface area contributed by atoms with Crippen LogP contribution in [0.25, 0.3) is 0 Å². The maximum Gasteiger partial charge on any atom is 0.312 e. The summed E-state index contributed by atoms with van der Waals surface area (Å²) in [5, 5.41) is 8.52. The van der Waals surface area contributed by atoms with E-state index >= 15 is 0 Å². The first-order chi connectivity index (χ1) is 4.70. The van der Waals surface area contributed by atoms with E-state index in [-0.39, 0.29) is 0 Å². The largest absolute Gasteiger partial charge is 0.312 e. The van der Waals surface area contributed by atoms with Gasteiger partial charge in [0, 0.05) is 23.9 Å². The fraction of sp³-hybridized carbons (Fsp3) is 0. The fourth-order valence-electron chi connectivity index (χ4n) is 0.161. The molecule has 8 heteroatoms. The molecule has 0 aromatic carbocycles. The van der Waals surface area contributed by atoms with Gasteiger partial charge < -0.3 is 0 Å². The molecule has 0 bridgehead atoms. The Morgan fingerprint density at radius 3 is 1.50 bits per heavy atom. The second-order valence-electron chi connectivity index (χ2n) is 1.06. The minimum atomic E-state index is -0.553. The summed E-state index contributed by atoms with van der Waals surface area (Å²) in [5.74, 6) is 0. The summed E-state index contributed by atoms with van der Waals surface area (Å²) in [7, 11) is 0. The molecular formula is C2H6N4O2S2. The van der Waals surface area contributed by atoms with E-state index < -0.39 is 10.5 Å². The van der Waals surface area contributed by atoms with Crippen LogP contribution in [0.3, 0.4) is 0 Å². The first kappa shape index (κ1) is 9.56. The quantitative estimate of drug-likeness (QED) is 0.298. The summed E-state index contributed by atoms with van der Waals surface area (Å²) in [5.41, 5.74) is 3.96. The standard InChI is InChI=1S/C2H6N4O2S2/c3-9-1(7)5-6-2(8)10-4/h3-4H2,(H,5,7)(H,6,8). The van der Waals surface area contributed by atoms with Gasteiger partial charge in [0.1, 0.15) is 0 Å². The zero-order valence-electron chi connectivity index (χ0n) is 4.79. The van der Waals surface area contributed by atoms with Crippen LogP contribution in [0.2, 0.25) is 0 Å². The zero-order chi connectivity index (χ0) is 7.98. The molecule has 0 aliphatic rings. The Morgan fingerprint density at radius 1 is 1.00 bits per heavy atom. The predicted octanol–water partition coefficient (Wildman–Crippen LogP) is -0.466. The molecule has 0 atom stereocenters. The van der Waals surface area contributed by atoms with Gasteiger partial charge in [-0.1, -0.05) is 0 Å². The number of nitrogens with one attached hydrogen (secondary N) is 2. The van der Waals surface area contributed by atoms with Gasteiger partial charge in [0.25, 0.3) is 0 Å². The van der Waals surface area contributed by atoms with Crippen LogP contribution in [0.5, 0.6) is 0 Å². The number of rotatable bonds is 0. The Balaban J connectivity index is 3.35. The molecule has 6 N–H and O–H groups in total. The average Bonchev–Trinajstić information content (AvgIpc) is 1.99. The smallest absolute Gasteiger partial charge is 0.269 e. The van der Waals surface area contributed by atoms with Crippen LogP contribution in [0.4, 0.5) is 9.59 Å². The van der Waals surface area contributed by atoms with E-state index in [1.165, 1.54) is 0 Å². The maximum atomic E-state index is 10.3. The molecule has 0 saturated carbocycles. The van der Waals surface area contributed by atoms with Crippen LogP contribution < -0.4 is 21.1 Å². The average molecular weight is 182 g/mol. The van der Waals surface area contributed by atoms with Gasteiger partial charge in [-0.2, -0.15) is 0 Å². The predicted molar refractivity (Wildman–Crippen MR) is 40.6 cm³/mol. The fourth-order valence-corrected chi connectivity index (χ4v) is 0.381. The lowest BCUT2D eigenvalue weighted by molar-refractivity contribution is 0.247. The summed E-state index contributed by atoms with van der Waals surface area (Å²) >= 11 is 0.925.